The van der Waals surface area contributed by atoms with Crippen molar-refractivity contribution in [1.29, 1.82) is 0 Å². The van der Waals surface area contributed by atoms with Gasteiger partial charge in [-0.2, -0.15) is 35.1 Å². The first-order valence-electron chi connectivity index (χ1n) is 5.56. The summed E-state index contributed by atoms with van der Waals surface area (Å²) in [6.07, 6.45) is -3.72. The molecule has 0 aliphatic heterocycles. The van der Waals surface area contributed by atoms with Gasteiger partial charge in [0.05, 0.1) is 6.61 Å². The van der Waals surface area contributed by atoms with Gasteiger partial charge >= 0.3 is 29.7 Å². The van der Waals surface area contributed by atoms with E-state index < -0.39 is 48.2 Å². The molecule has 11 heteroatoms. The number of carbonyl (C=O) groups excluding carboxylic acids is 1. The normalized spacial score (nSPS) is 27.3. The van der Waals surface area contributed by atoms with Crippen molar-refractivity contribution in [2.75, 3.05) is 6.61 Å². The van der Waals surface area contributed by atoms with Crippen molar-refractivity contribution in [3.8, 4) is 0 Å². The fraction of sp³-hybridized carbons (Fsp3) is 0.900. The van der Waals surface area contributed by atoms with Crippen LogP contribution in [0.15, 0.2) is 0 Å². The highest BCUT2D eigenvalue weighted by Crippen LogP contribution is 2.70. The average molecular weight is 332 g/mol. The lowest BCUT2D eigenvalue weighted by atomic mass is 9.91. The Labute approximate surface area is 112 Å². The molecule has 0 aromatic rings. The molecular weight excluding hydrogens is 323 g/mol. The highest BCUT2D eigenvalue weighted by atomic mass is 19.4. The Morgan fingerprint density at radius 2 is 1.19 bits per heavy atom. The van der Waals surface area contributed by atoms with Crippen LogP contribution in [0.4, 0.5) is 39.5 Å². The van der Waals surface area contributed by atoms with Gasteiger partial charge < -0.3 is 4.74 Å². The molecular formula is C10H9F9O2. The van der Waals surface area contributed by atoms with E-state index >= 15 is 0 Å². The molecule has 21 heavy (non-hydrogen) atoms. The monoisotopic (exact) mass is 332 g/mol. The second kappa shape index (κ2) is 4.67. The van der Waals surface area contributed by atoms with Crippen LogP contribution < -0.4 is 0 Å². The minimum atomic E-state index is -6.60. The van der Waals surface area contributed by atoms with Crippen molar-refractivity contribution in [2.24, 2.45) is 0 Å². The molecule has 1 fully saturated rings. The van der Waals surface area contributed by atoms with E-state index in [1.54, 1.807) is 0 Å². The minimum Gasteiger partial charge on any atom is -0.466 e. The Kier molecular flexibility index (Phi) is 3.98. The lowest BCUT2D eigenvalue weighted by Gasteiger charge is -2.30. The molecule has 0 aromatic heterocycles. The summed E-state index contributed by atoms with van der Waals surface area (Å²) >= 11 is 0. The molecule has 0 heterocycles. The Hall–Kier alpha value is -1.16. The fourth-order valence-corrected chi connectivity index (χ4v) is 1.91. The van der Waals surface area contributed by atoms with Crippen LogP contribution >= 0.6 is 0 Å². The number of carbonyl (C=O) groups is 1. The van der Waals surface area contributed by atoms with Crippen molar-refractivity contribution in [3.05, 3.63) is 0 Å². The zero-order chi connectivity index (χ0) is 16.9. The van der Waals surface area contributed by atoms with Gasteiger partial charge in [-0.1, -0.05) is 0 Å². The Balaban J connectivity index is 3.23. The number of halogens is 9. The summed E-state index contributed by atoms with van der Waals surface area (Å²) in [4.78, 5) is 10.8. The van der Waals surface area contributed by atoms with E-state index in [0.717, 1.165) is 0 Å². The number of ether oxygens (including phenoxy) is 1. The van der Waals surface area contributed by atoms with Gasteiger partial charge in [0, 0.05) is 12.8 Å². The van der Waals surface area contributed by atoms with Crippen LogP contribution in [0.3, 0.4) is 0 Å². The smallest absolute Gasteiger partial charge is 0.381 e. The molecule has 0 atom stereocenters. The number of hydrogen-bond acceptors (Lipinski definition) is 2. The number of hydrogen-bond donors (Lipinski definition) is 0. The maximum atomic E-state index is 13.8. The van der Waals surface area contributed by atoms with Gasteiger partial charge in [-0.3, -0.25) is 4.79 Å². The second-order valence-corrected chi connectivity index (χ2v) is 4.40. The van der Waals surface area contributed by atoms with E-state index in [2.05, 4.69) is 4.74 Å². The molecule has 0 amide bonds. The van der Waals surface area contributed by atoms with Crippen LogP contribution in [0.1, 0.15) is 19.8 Å². The summed E-state index contributed by atoms with van der Waals surface area (Å²) in [5.74, 6) is -27.4. The summed E-state index contributed by atoms with van der Waals surface area (Å²) in [6, 6.07) is 0. The molecule has 0 unspecified atom stereocenters. The summed E-state index contributed by atoms with van der Waals surface area (Å²) in [5.41, 5.74) is -5.58. The van der Waals surface area contributed by atoms with Crippen LogP contribution in [0.25, 0.3) is 0 Å². The Bertz CT molecular complexity index is 406. The van der Waals surface area contributed by atoms with Gasteiger partial charge in [0.2, 0.25) is 5.67 Å². The molecule has 0 spiro atoms. The van der Waals surface area contributed by atoms with Crippen molar-refractivity contribution in [1.82, 2.24) is 0 Å². The van der Waals surface area contributed by atoms with Gasteiger partial charge in [-0.05, 0) is 6.92 Å². The van der Waals surface area contributed by atoms with Crippen molar-refractivity contribution in [2.45, 2.75) is 49.1 Å². The first-order valence-corrected chi connectivity index (χ1v) is 5.56. The van der Waals surface area contributed by atoms with Crippen molar-refractivity contribution >= 4 is 5.97 Å². The highest BCUT2D eigenvalue weighted by Gasteiger charge is 3.00. The van der Waals surface area contributed by atoms with Crippen LogP contribution in [-0.2, 0) is 9.53 Å². The summed E-state index contributed by atoms with van der Waals surface area (Å²) in [7, 11) is 0. The standard InChI is InChI=1S/C10H9F9O2/c1-2-21-5(20)3-4-6(11)7(12,13)9(16,17)10(18,19)8(6,14)15/h2-4H2,1H3. The molecule has 1 saturated carbocycles. The van der Waals surface area contributed by atoms with E-state index in [1.165, 1.54) is 6.92 Å². The molecule has 1 rings (SSSR count). The van der Waals surface area contributed by atoms with E-state index in [1.807, 2.05) is 0 Å². The molecule has 0 aromatic carbocycles. The highest BCUT2D eigenvalue weighted by molar-refractivity contribution is 5.69. The summed E-state index contributed by atoms with van der Waals surface area (Å²) in [5, 5.41) is 0. The van der Waals surface area contributed by atoms with Crippen LogP contribution in [0, 0.1) is 0 Å². The summed E-state index contributed by atoms with van der Waals surface area (Å²) < 4.78 is 122. The molecule has 124 valence electrons. The maximum Gasteiger partial charge on any atom is 0.381 e. The number of alkyl halides is 9. The van der Waals surface area contributed by atoms with Crippen LogP contribution in [-0.4, -0.2) is 41.9 Å². The Morgan fingerprint density at radius 3 is 1.52 bits per heavy atom. The zero-order valence-electron chi connectivity index (χ0n) is 10.3. The first kappa shape index (κ1) is 17.9. The van der Waals surface area contributed by atoms with Gasteiger partial charge in [0.15, 0.2) is 0 Å². The average Bonchev–Trinajstić information content (AvgIpc) is 2.38. The number of rotatable bonds is 4. The molecule has 2 nitrogen and oxygen atoms in total. The minimum absolute atomic E-state index is 0.322. The molecule has 1 aliphatic carbocycles. The van der Waals surface area contributed by atoms with Gasteiger partial charge in [-0.25, -0.2) is 4.39 Å². The lowest BCUT2D eigenvalue weighted by Crippen LogP contribution is -2.54. The third-order valence-electron chi connectivity index (χ3n) is 3.16. The third-order valence-corrected chi connectivity index (χ3v) is 3.16. The quantitative estimate of drug-likeness (QED) is 0.581. The SMILES string of the molecule is CCOC(=O)CCC1(F)C(F)(F)C(F)(F)C(F)(F)C1(F)F. The topological polar surface area (TPSA) is 26.3 Å². The van der Waals surface area contributed by atoms with E-state index in [4.69, 9.17) is 0 Å². The fourth-order valence-electron chi connectivity index (χ4n) is 1.91. The molecule has 1 aliphatic rings. The first-order chi connectivity index (χ1) is 9.20. The second-order valence-electron chi connectivity index (χ2n) is 4.40. The predicted molar refractivity (Wildman–Crippen MR) is 49.5 cm³/mol. The number of esters is 1. The van der Waals surface area contributed by atoms with Gasteiger partial charge in [-0.15, -0.1) is 0 Å². The van der Waals surface area contributed by atoms with E-state index in [9.17, 15) is 44.3 Å². The summed E-state index contributed by atoms with van der Waals surface area (Å²) in [6.45, 7) is 0.918. The maximum absolute atomic E-state index is 13.8. The predicted octanol–water partition coefficient (Wildman–Crippen LogP) is 3.59. The van der Waals surface area contributed by atoms with E-state index in [0.29, 0.717) is 0 Å². The molecule has 0 radical (unpaired) electrons. The van der Waals surface area contributed by atoms with Crippen molar-refractivity contribution < 1.29 is 49.0 Å². The van der Waals surface area contributed by atoms with Gasteiger partial charge in [0.1, 0.15) is 0 Å². The molecule has 0 N–H and O–H groups in total. The zero-order valence-corrected chi connectivity index (χ0v) is 10.3. The van der Waals surface area contributed by atoms with E-state index in [-0.39, 0.29) is 6.61 Å². The van der Waals surface area contributed by atoms with Crippen molar-refractivity contribution in [3.63, 3.8) is 0 Å². The Morgan fingerprint density at radius 1 is 0.810 bits per heavy atom. The van der Waals surface area contributed by atoms with Crippen LogP contribution in [0.5, 0.6) is 0 Å². The third kappa shape index (κ3) is 1.91. The molecule has 0 saturated heterocycles. The molecule has 0 bridgehead atoms. The van der Waals surface area contributed by atoms with Gasteiger partial charge in [0.25, 0.3) is 0 Å². The lowest BCUT2D eigenvalue weighted by molar-refractivity contribution is -0.303. The largest absolute Gasteiger partial charge is 0.466 e. The van der Waals surface area contributed by atoms with Crippen LogP contribution in [0.2, 0.25) is 0 Å².